The molecule has 0 fully saturated rings. The average Bonchev–Trinajstić information content (AvgIpc) is 3.21. The third-order valence-corrected chi connectivity index (χ3v) is 12.0. The van der Waals surface area contributed by atoms with Gasteiger partial charge in [0, 0.05) is 0 Å². The molecule has 332 valence electrons. The van der Waals surface area contributed by atoms with Crippen molar-refractivity contribution in [3.63, 3.8) is 0 Å². The van der Waals surface area contributed by atoms with Crippen molar-refractivity contribution in [2.24, 2.45) is 0 Å². The fourth-order valence-corrected chi connectivity index (χ4v) is 8.22. The van der Waals surface area contributed by atoms with Crippen LogP contribution in [-0.2, 0) is 33.1 Å². The topological polar surface area (TPSA) is 173 Å². The first-order valence-electron chi connectivity index (χ1n) is 21.9. The zero-order valence-electron chi connectivity index (χ0n) is 36.3. The standard InChI is InChI=1S/2C24H34O5S.Ca/c2*1-2-3-4-5-6-7-8-9-10-12-15-20-18-22(29-21-16-13-11-14-17-21)24(25)23(19-20)30(26,27)28;/h2*11,13-14,16-19,25H,2-10,12,15H2,1H3,(H,26,27,28);/q;;+2/p-2. The van der Waals surface area contributed by atoms with Crippen LogP contribution in [0.1, 0.15) is 153 Å². The Balaban J connectivity index is 0.000000413. The summed E-state index contributed by atoms with van der Waals surface area (Å²) >= 11 is 0. The second-order valence-electron chi connectivity index (χ2n) is 15.5. The number of aromatic hydroxyl groups is 1. The average molecular weight is 907 g/mol. The van der Waals surface area contributed by atoms with Crippen molar-refractivity contribution in [2.75, 3.05) is 0 Å². The van der Waals surface area contributed by atoms with Crippen molar-refractivity contribution in [1.82, 2.24) is 0 Å². The van der Waals surface area contributed by atoms with Gasteiger partial charge in [0.2, 0.25) is 0 Å². The van der Waals surface area contributed by atoms with Gasteiger partial charge in [0.05, 0.1) is 4.90 Å². The number of phenolic OH excluding ortho intramolecular Hbond substituents is 1. The van der Waals surface area contributed by atoms with E-state index < -0.39 is 41.5 Å². The van der Waals surface area contributed by atoms with Crippen LogP contribution in [-0.4, -0.2) is 68.8 Å². The van der Waals surface area contributed by atoms with Gasteiger partial charge in [-0.2, -0.15) is 8.42 Å². The predicted octanol–water partition coefficient (Wildman–Crippen LogP) is 12.4. The Morgan fingerprint density at radius 2 is 0.852 bits per heavy atom. The van der Waals surface area contributed by atoms with E-state index >= 15 is 0 Å². The van der Waals surface area contributed by atoms with Crippen molar-refractivity contribution >= 4 is 58.0 Å². The Bertz CT molecular complexity index is 1880. The normalized spacial score (nSPS) is 11.3. The molecule has 4 aromatic carbocycles. The molecule has 0 saturated heterocycles. The minimum atomic E-state index is -4.87. The number of rotatable bonds is 28. The van der Waals surface area contributed by atoms with Gasteiger partial charge in [-0.15, -0.1) is 0 Å². The second kappa shape index (κ2) is 30.3. The molecule has 10 nitrogen and oxygen atoms in total. The van der Waals surface area contributed by atoms with Crippen LogP contribution >= 0.6 is 0 Å². The SMILES string of the molecule is CCCCCCCCCCCCc1cc(Oc2ccccc2)c(O)c(S(=O)(=O)O)c1.CCCCCCCCCCCCc1cc(Oc2ccccc2)c([O-])c(S(=O)(=O)[O-])c1.[Ca+2]. The van der Waals surface area contributed by atoms with E-state index in [-0.39, 0.29) is 49.2 Å². The molecule has 0 spiro atoms. The minimum Gasteiger partial charge on any atom is -0.869 e. The number of aryl methyl sites for hydroxylation is 2. The summed E-state index contributed by atoms with van der Waals surface area (Å²) < 4.78 is 78.7. The fraction of sp³-hybridized carbons (Fsp3) is 0.500. The number of ether oxygens (including phenoxy) is 2. The summed E-state index contributed by atoms with van der Waals surface area (Å²) in [5, 5.41) is 22.7. The molecule has 4 rings (SSSR count). The molecule has 0 bridgehead atoms. The quantitative estimate of drug-likeness (QED) is 0.0317. The zero-order chi connectivity index (χ0) is 43.6. The molecule has 0 aliphatic rings. The van der Waals surface area contributed by atoms with E-state index in [1.165, 1.54) is 102 Å². The van der Waals surface area contributed by atoms with Crippen LogP contribution in [0.2, 0.25) is 0 Å². The molecule has 0 aliphatic heterocycles. The minimum absolute atomic E-state index is 0. The smallest absolute Gasteiger partial charge is 0.869 e. The van der Waals surface area contributed by atoms with E-state index in [0.29, 0.717) is 35.5 Å². The Hall–Kier alpha value is -2.84. The maximum Gasteiger partial charge on any atom is 2.00 e. The Morgan fingerprint density at radius 3 is 1.23 bits per heavy atom. The van der Waals surface area contributed by atoms with Crippen LogP contribution in [0.3, 0.4) is 0 Å². The summed E-state index contributed by atoms with van der Waals surface area (Å²) in [6, 6.07) is 23.2. The van der Waals surface area contributed by atoms with Gasteiger partial charge >= 0.3 is 37.7 Å². The summed E-state index contributed by atoms with van der Waals surface area (Å²) in [4.78, 5) is -1.25. The summed E-state index contributed by atoms with van der Waals surface area (Å²) in [5.41, 5.74) is 1.35. The number of benzene rings is 4. The Morgan fingerprint density at radius 1 is 0.508 bits per heavy atom. The Kier molecular flexibility index (Phi) is 27.0. The molecule has 0 amide bonds. The molecule has 0 atom stereocenters. The van der Waals surface area contributed by atoms with E-state index in [9.17, 15) is 36.2 Å². The summed E-state index contributed by atoms with van der Waals surface area (Å²) in [6.07, 6.45) is 25.4. The molecule has 0 saturated carbocycles. The van der Waals surface area contributed by atoms with E-state index in [1.807, 2.05) is 6.07 Å². The zero-order valence-corrected chi connectivity index (χ0v) is 40.2. The first-order valence-corrected chi connectivity index (χ1v) is 24.8. The van der Waals surface area contributed by atoms with Crippen LogP contribution in [0.15, 0.2) is 94.7 Å². The van der Waals surface area contributed by atoms with Crippen LogP contribution < -0.4 is 14.6 Å². The number of phenols is 1. The van der Waals surface area contributed by atoms with Crippen LogP contribution in [0.4, 0.5) is 0 Å². The molecule has 2 N–H and O–H groups in total. The number of hydrogen-bond acceptors (Lipinski definition) is 9. The largest absolute Gasteiger partial charge is 2.00 e. The van der Waals surface area contributed by atoms with Gasteiger partial charge in [-0.1, -0.05) is 166 Å². The molecule has 0 heterocycles. The van der Waals surface area contributed by atoms with Crippen molar-refractivity contribution in [3.05, 3.63) is 96.1 Å². The van der Waals surface area contributed by atoms with Gasteiger partial charge in [-0.3, -0.25) is 4.55 Å². The van der Waals surface area contributed by atoms with Crippen molar-refractivity contribution in [3.8, 4) is 34.5 Å². The van der Waals surface area contributed by atoms with E-state index in [4.69, 9.17) is 9.47 Å². The molecule has 0 aromatic heterocycles. The molecule has 13 heteroatoms. The molecular weight excluding hydrogens is 841 g/mol. The number of para-hydroxylation sites is 2. The maximum absolute atomic E-state index is 12.4. The van der Waals surface area contributed by atoms with Crippen molar-refractivity contribution < 1.29 is 45.6 Å². The van der Waals surface area contributed by atoms with E-state index in [2.05, 4.69) is 13.8 Å². The van der Waals surface area contributed by atoms with Crippen LogP contribution in [0.25, 0.3) is 0 Å². The molecule has 0 aliphatic carbocycles. The van der Waals surface area contributed by atoms with Crippen LogP contribution in [0, 0.1) is 0 Å². The second-order valence-corrected chi connectivity index (χ2v) is 18.2. The molecule has 0 radical (unpaired) electrons. The number of unbranched alkanes of at least 4 members (excludes halogenated alkanes) is 18. The summed E-state index contributed by atoms with van der Waals surface area (Å²) in [6.45, 7) is 4.45. The van der Waals surface area contributed by atoms with Crippen molar-refractivity contribution in [1.29, 1.82) is 0 Å². The first-order chi connectivity index (χ1) is 28.8. The van der Waals surface area contributed by atoms with Gasteiger partial charge in [0.25, 0.3) is 10.1 Å². The Labute approximate surface area is 396 Å². The molecule has 61 heavy (non-hydrogen) atoms. The first kappa shape index (κ1) is 54.3. The van der Waals surface area contributed by atoms with Gasteiger partial charge in [0.15, 0.2) is 11.5 Å². The third-order valence-electron chi connectivity index (χ3n) is 10.3. The van der Waals surface area contributed by atoms with Gasteiger partial charge < -0.3 is 24.2 Å². The predicted molar refractivity (Wildman–Crippen MR) is 242 cm³/mol. The number of hydrogen-bond donors (Lipinski definition) is 2. The molecule has 4 aromatic rings. The fourth-order valence-electron chi connectivity index (χ4n) is 6.96. The monoisotopic (exact) mass is 906 g/mol. The van der Waals surface area contributed by atoms with Gasteiger partial charge in [-0.05, 0) is 91.1 Å². The van der Waals surface area contributed by atoms with Crippen LogP contribution in [0.5, 0.6) is 34.5 Å². The van der Waals surface area contributed by atoms with E-state index in [1.54, 1.807) is 66.7 Å². The van der Waals surface area contributed by atoms with Crippen molar-refractivity contribution in [2.45, 2.75) is 165 Å². The summed E-state index contributed by atoms with van der Waals surface area (Å²) in [5.74, 6) is -0.669. The third kappa shape index (κ3) is 21.9. The molecule has 0 unspecified atom stereocenters. The maximum atomic E-state index is 12.4. The molecular formula is C48H66CaO10S2. The van der Waals surface area contributed by atoms with E-state index in [0.717, 1.165) is 38.5 Å². The van der Waals surface area contributed by atoms with Gasteiger partial charge in [0.1, 0.15) is 32.3 Å². The summed E-state index contributed by atoms with van der Waals surface area (Å²) in [7, 11) is -9.42. The van der Waals surface area contributed by atoms with Gasteiger partial charge in [-0.25, -0.2) is 8.42 Å².